The summed E-state index contributed by atoms with van der Waals surface area (Å²) in [7, 11) is 0. The first-order valence-electron chi connectivity index (χ1n) is 8.14. The summed E-state index contributed by atoms with van der Waals surface area (Å²) in [6.07, 6.45) is 7.58. The molecule has 2 aliphatic rings. The molecule has 3 atom stereocenters. The standard InChI is InChI=1S/C17H26ClN3/c1-5-6-12-13(18)19-10-20-14(12)21-15-16(2,3)11-7-8-17(15,4)9-11/h10-11,15H,5-9H2,1-4H3,(H,19,20,21). The predicted molar refractivity (Wildman–Crippen MR) is 87.7 cm³/mol. The largest absolute Gasteiger partial charge is 0.366 e. The molecule has 0 aliphatic heterocycles. The molecule has 1 N–H and O–H groups in total. The van der Waals surface area contributed by atoms with Gasteiger partial charge in [0.1, 0.15) is 17.3 Å². The SMILES string of the molecule is CCCc1c(Cl)ncnc1NC1C2(C)CCC(C2)C1(C)C. The van der Waals surface area contributed by atoms with E-state index in [0.29, 0.717) is 22.0 Å². The van der Waals surface area contributed by atoms with Gasteiger partial charge in [0.05, 0.1) is 0 Å². The highest BCUT2D eigenvalue weighted by molar-refractivity contribution is 6.30. The molecule has 2 saturated carbocycles. The Morgan fingerprint density at radius 1 is 1.33 bits per heavy atom. The molecule has 0 spiro atoms. The summed E-state index contributed by atoms with van der Waals surface area (Å²) in [6.45, 7) is 9.40. The Kier molecular flexibility index (Phi) is 3.67. The van der Waals surface area contributed by atoms with Gasteiger partial charge in [-0.1, -0.05) is 45.7 Å². The van der Waals surface area contributed by atoms with Gasteiger partial charge in [-0.15, -0.1) is 0 Å². The Hall–Kier alpha value is -0.830. The van der Waals surface area contributed by atoms with E-state index in [0.717, 1.165) is 30.1 Å². The molecule has 0 aromatic carbocycles. The highest BCUT2D eigenvalue weighted by Gasteiger charge is 2.59. The second kappa shape index (κ2) is 5.12. The molecular formula is C17H26ClN3. The van der Waals surface area contributed by atoms with E-state index in [9.17, 15) is 0 Å². The van der Waals surface area contributed by atoms with Crippen molar-refractivity contribution in [2.24, 2.45) is 16.7 Å². The van der Waals surface area contributed by atoms with Crippen LogP contribution in [-0.2, 0) is 6.42 Å². The van der Waals surface area contributed by atoms with Crippen molar-refractivity contribution < 1.29 is 0 Å². The number of nitrogens with zero attached hydrogens (tertiary/aromatic N) is 2. The average molecular weight is 308 g/mol. The first-order valence-corrected chi connectivity index (χ1v) is 8.52. The highest BCUT2D eigenvalue weighted by atomic mass is 35.5. The fraction of sp³-hybridized carbons (Fsp3) is 0.765. The third kappa shape index (κ3) is 2.34. The van der Waals surface area contributed by atoms with Gasteiger partial charge >= 0.3 is 0 Å². The van der Waals surface area contributed by atoms with Gasteiger partial charge in [-0.05, 0) is 42.4 Å². The van der Waals surface area contributed by atoms with E-state index in [1.54, 1.807) is 6.33 Å². The third-order valence-electron chi connectivity index (χ3n) is 5.94. The fourth-order valence-corrected chi connectivity index (χ4v) is 5.01. The predicted octanol–water partition coefficient (Wildman–Crippen LogP) is 4.71. The molecule has 116 valence electrons. The molecular weight excluding hydrogens is 282 g/mol. The summed E-state index contributed by atoms with van der Waals surface area (Å²) >= 11 is 6.29. The van der Waals surface area contributed by atoms with Gasteiger partial charge in [-0.25, -0.2) is 9.97 Å². The molecule has 1 aromatic heterocycles. The Morgan fingerprint density at radius 3 is 2.71 bits per heavy atom. The van der Waals surface area contributed by atoms with Crippen LogP contribution in [0.1, 0.15) is 58.9 Å². The van der Waals surface area contributed by atoms with Gasteiger partial charge in [0.25, 0.3) is 0 Å². The van der Waals surface area contributed by atoms with E-state index >= 15 is 0 Å². The van der Waals surface area contributed by atoms with Crippen LogP contribution in [0.25, 0.3) is 0 Å². The van der Waals surface area contributed by atoms with E-state index in [1.807, 2.05) is 0 Å². The molecule has 3 nitrogen and oxygen atoms in total. The van der Waals surface area contributed by atoms with Crippen LogP contribution < -0.4 is 5.32 Å². The molecule has 0 saturated heterocycles. The summed E-state index contributed by atoms with van der Waals surface area (Å²) in [5.41, 5.74) is 1.77. The van der Waals surface area contributed by atoms with Gasteiger partial charge in [-0.3, -0.25) is 0 Å². The number of fused-ring (bicyclic) bond motifs is 2. The minimum atomic E-state index is 0.313. The maximum Gasteiger partial charge on any atom is 0.137 e. The van der Waals surface area contributed by atoms with Crippen LogP contribution in [0.15, 0.2) is 6.33 Å². The number of anilines is 1. The van der Waals surface area contributed by atoms with Crippen LogP contribution in [-0.4, -0.2) is 16.0 Å². The van der Waals surface area contributed by atoms with Gasteiger partial charge in [0.15, 0.2) is 0 Å². The van der Waals surface area contributed by atoms with Crippen molar-refractivity contribution in [1.29, 1.82) is 0 Å². The lowest BCUT2D eigenvalue weighted by Crippen LogP contribution is -2.46. The van der Waals surface area contributed by atoms with E-state index in [2.05, 4.69) is 43.0 Å². The van der Waals surface area contributed by atoms with Gasteiger partial charge in [0.2, 0.25) is 0 Å². The zero-order valence-electron chi connectivity index (χ0n) is 13.5. The molecule has 4 heteroatoms. The first kappa shape index (κ1) is 15.1. The minimum Gasteiger partial charge on any atom is -0.366 e. The van der Waals surface area contributed by atoms with E-state index < -0.39 is 0 Å². The minimum absolute atomic E-state index is 0.313. The van der Waals surface area contributed by atoms with Crippen molar-refractivity contribution in [2.75, 3.05) is 5.32 Å². The van der Waals surface area contributed by atoms with Crippen molar-refractivity contribution >= 4 is 17.4 Å². The van der Waals surface area contributed by atoms with Crippen molar-refractivity contribution in [3.05, 3.63) is 17.0 Å². The molecule has 1 aromatic rings. The maximum absolute atomic E-state index is 6.29. The summed E-state index contributed by atoms with van der Waals surface area (Å²) in [5, 5.41) is 4.36. The summed E-state index contributed by atoms with van der Waals surface area (Å²) in [4.78, 5) is 8.64. The van der Waals surface area contributed by atoms with E-state index in [4.69, 9.17) is 11.6 Å². The van der Waals surface area contributed by atoms with Crippen molar-refractivity contribution in [2.45, 2.75) is 65.8 Å². The van der Waals surface area contributed by atoms with Crippen LogP contribution in [0, 0.1) is 16.7 Å². The Morgan fingerprint density at radius 2 is 2.10 bits per heavy atom. The molecule has 3 unspecified atom stereocenters. The lowest BCUT2D eigenvalue weighted by molar-refractivity contribution is 0.155. The number of halogens is 1. The van der Waals surface area contributed by atoms with Crippen LogP contribution >= 0.6 is 11.6 Å². The smallest absolute Gasteiger partial charge is 0.137 e. The second-order valence-corrected chi connectivity index (χ2v) is 8.09. The topological polar surface area (TPSA) is 37.8 Å². The number of aromatic nitrogens is 2. The van der Waals surface area contributed by atoms with Crippen LogP contribution in [0.2, 0.25) is 5.15 Å². The highest BCUT2D eigenvalue weighted by Crippen LogP contribution is 2.63. The molecule has 2 bridgehead atoms. The number of rotatable bonds is 4. The average Bonchev–Trinajstić information content (AvgIpc) is 2.89. The quantitative estimate of drug-likeness (QED) is 0.819. The van der Waals surface area contributed by atoms with Crippen molar-refractivity contribution in [3.8, 4) is 0 Å². The van der Waals surface area contributed by atoms with Gasteiger partial charge in [-0.2, -0.15) is 0 Å². The molecule has 2 aliphatic carbocycles. The molecule has 3 rings (SSSR count). The summed E-state index contributed by atoms with van der Waals surface area (Å²) in [5.74, 6) is 1.77. The van der Waals surface area contributed by atoms with Gasteiger partial charge in [0, 0.05) is 11.6 Å². The molecule has 0 radical (unpaired) electrons. The zero-order chi connectivity index (χ0) is 15.3. The monoisotopic (exact) mass is 307 g/mol. The maximum atomic E-state index is 6.29. The molecule has 0 amide bonds. The Labute approximate surface area is 132 Å². The number of nitrogens with one attached hydrogen (secondary N) is 1. The zero-order valence-corrected chi connectivity index (χ0v) is 14.3. The number of hydrogen-bond donors (Lipinski definition) is 1. The first-order chi connectivity index (χ1) is 9.88. The van der Waals surface area contributed by atoms with Crippen LogP contribution in [0.5, 0.6) is 0 Å². The van der Waals surface area contributed by atoms with E-state index in [1.165, 1.54) is 19.3 Å². The second-order valence-electron chi connectivity index (χ2n) is 7.73. The summed E-state index contributed by atoms with van der Waals surface area (Å²) in [6, 6.07) is 0.463. The normalized spacial score (nSPS) is 33.4. The third-order valence-corrected chi connectivity index (χ3v) is 6.27. The fourth-order valence-electron chi connectivity index (χ4n) is 4.79. The molecule has 21 heavy (non-hydrogen) atoms. The van der Waals surface area contributed by atoms with E-state index in [-0.39, 0.29) is 0 Å². The molecule has 2 fully saturated rings. The van der Waals surface area contributed by atoms with Crippen LogP contribution in [0.3, 0.4) is 0 Å². The van der Waals surface area contributed by atoms with Gasteiger partial charge < -0.3 is 5.32 Å². The van der Waals surface area contributed by atoms with Crippen LogP contribution in [0.4, 0.5) is 5.82 Å². The van der Waals surface area contributed by atoms with Crippen molar-refractivity contribution in [1.82, 2.24) is 9.97 Å². The lowest BCUT2D eigenvalue weighted by atomic mass is 9.68. The lowest BCUT2D eigenvalue weighted by Gasteiger charge is -2.43. The Balaban J connectivity index is 1.92. The van der Waals surface area contributed by atoms with Crippen molar-refractivity contribution in [3.63, 3.8) is 0 Å². The Bertz CT molecular complexity index is 538. The molecule has 1 heterocycles. The summed E-state index contributed by atoms with van der Waals surface area (Å²) < 4.78 is 0. The number of hydrogen-bond acceptors (Lipinski definition) is 3.